The lowest BCUT2D eigenvalue weighted by Gasteiger charge is -2.38. The quantitative estimate of drug-likeness (QED) is 0.361. The van der Waals surface area contributed by atoms with Gasteiger partial charge >= 0.3 is 11.9 Å². The smallest absolute Gasteiger partial charge is 0.336 e. The van der Waals surface area contributed by atoms with Crippen LogP contribution in [0.5, 0.6) is 5.75 Å². The number of Topliss-reactive ketones (excluding diaryl/α,β-unsaturated/α-hetero) is 1. The molecule has 178 valence electrons. The fourth-order valence-electron chi connectivity index (χ4n) is 4.50. The Labute approximate surface area is 193 Å². The van der Waals surface area contributed by atoms with Crippen molar-refractivity contribution in [3.05, 3.63) is 52.4 Å². The lowest BCUT2D eigenvalue weighted by molar-refractivity contribution is -0.151. The molecule has 0 aromatic heterocycles. The maximum atomic E-state index is 13.6. The molecule has 0 spiro atoms. The van der Waals surface area contributed by atoms with Gasteiger partial charge in [-0.2, -0.15) is 0 Å². The van der Waals surface area contributed by atoms with Crippen molar-refractivity contribution >= 4 is 17.7 Å². The number of nitrogens with one attached hydrogen (secondary N) is 1. The van der Waals surface area contributed by atoms with Crippen LogP contribution in [0.15, 0.2) is 46.8 Å². The van der Waals surface area contributed by atoms with E-state index in [1.165, 1.54) is 14.2 Å². The molecule has 0 saturated carbocycles. The van der Waals surface area contributed by atoms with Crippen LogP contribution in [0.3, 0.4) is 0 Å². The Bertz CT molecular complexity index is 977. The van der Waals surface area contributed by atoms with Crippen LogP contribution in [0.2, 0.25) is 0 Å². The van der Waals surface area contributed by atoms with E-state index < -0.39 is 23.8 Å². The lowest BCUT2D eigenvalue weighted by atomic mass is 9.69. The van der Waals surface area contributed by atoms with E-state index in [9.17, 15) is 14.4 Å². The fraction of sp³-hybridized carbons (Fsp3) is 0.480. The summed E-state index contributed by atoms with van der Waals surface area (Å²) in [4.78, 5) is 39.2. The number of ketones is 1. The number of methoxy groups -OCH3 is 2. The highest BCUT2D eigenvalue weighted by molar-refractivity contribution is 6.12. The molecule has 1 aromatic carbocycles. The van der Waals surface area contributed by atoms with Gasteiger partial charge in [-0.15, -0.1) is 0 Å². The number of dihydropyridines is 1. The molecule has 1 aliphatic heterocycles. The summed E-state index contributed by atoms with van der Waals surface area (Å²) in [6.07, 6.45) is 0.484. The molecule has 0 bridgehead atoms. The molecule has 0 amide bonds. The number of hydrogen-bond acceptors (Lipinski definition) is 8. The van der Waals surface area contributed by atoms with E-state index >= 15 is 0 Å². The zero-order valence-electron chi connectivity index (χ0n) is 19.7. The Morgan fingerprint density at radius 1 is 1.12 bits per heavy atom. The van der Waals surface area contributed by atoms with Crippen LogP contribution in [0.25, 0.3) is 0 Å². The van der Waals surface area contributed by atoms with Crippen LogP contribution in [-0.4, -0.2) is 51.8 Å². The summed E-state index contributed by atoms with van der Waals surface area (Å²) >= 11 is 0. The molecule has 1 aliphatic carbocycles. The van der Waals surface area contributed by atoms with Gasteiger partial charge in [0.25, 0.3) is 0 Å². The third-order valence-corrected chi connectivity index (χ3v) is 6.01. The Kier molecular flexibility index (Phi) is 7.92. The third kappa shape index (κ3) is 4.95. The molecular formula is C25H31NO7. The number of allylic oxidation sites excluding steroid dienone is 3. The van der Waals surface area contributed by atoms with E-state index in [1.54, 1.807) is 19.1 Å². The molecule has 8 nitrogen and oxygen atoms in total. The topological polar surface area (TPSA) is 100 Å². The average Bonchev–Trinajstić information content (AvgIpc) is 2.78. The summed E-state index contributed by atoms with van der Waals surface area (Å²) in [5.41, 5.74) is 2.80. The van der Waals surface area contributed by atoms with E-state index in [0.29, 0.717) is 35.6 Å². The Morgan fingerprint density at radius 3 is 2.42 bits per heavy atom. The van der Waals surface area contributed by atoms with E-state index in [0.717, 1.165) is 11.3 Å². The minimum absolute atomic E-state index is 0.0871. The number of carbonyl (C=O) groups excluding carboxylic acids is 3. The van der Waals surface area contributed by atoms with Crippen molar-refractivity contribution in [2.75, 3.05) is 34.0 Å². The van der Waals surface area contributed by atoms with E-state index in [2.05, 4.69) is 5.32 Å². The van der Waals surface area contributed by atoms with Gasteiger partial charge in [0, 0.05) is 30.0 Å². The largest absolute Gasteiger partial charge is 0.494 e. The van der Waals surface area contributed by atoms with Gasteiger partial charge in [0.05, 0.1) is 25.9 Å². The first-order valence-electron chi connectivity index (χ1n) is 11.1. The van der Waals surface area contributed by atoms with Gasteiger partial charge in [-0.05, 0) is 43.9 Å². The maximum Gasteiger partial charge on any atom is 0.336 e. The maximum absolute atomic E-state index is 13.6. The Hall–Kier alpha value is -3.13. The fourth-order valence-corrected chi connectivity index (χ4v) is 4.50. The molecule has 1 heterocycles. The molecule has 3 rings (SSSR count). The zero-order chi connectivity index (χ0) is 24.1. The molecule has 0 saturated heterocycles. The molecule has 0 fully saturated rings. The number of hydrogen-bond donors (Lipinski definition) is 1. The van der Waals surface area contributed by atoms with Crippen molar-refractivity contribution in [3.63, 3.8) is 0 Å². The normalized spacial score (nSPS) is 22.5. The molecule has 0 radical (unpaired) electrons. The highest BCUT2D eigenvalue weighted by Crippen LogP contribution is 2.45. The summed E-state index contributed by atoms with van der Waals surface area (Å²) in [5.74, 6) is -2.60. The van der Waals surface area contributed by atoms with Crippen LogP contribution >= 0.6 is 0 Å². The summed E-state index contributed by atoms with van der Waals surface area (Å²) in [7, 11) is 2.80. The van der Waals surface area contributed by atoms with Crippen molar-refractivity contribution in [3.8, 4) is 5.75 Å². The number of benzene rings is 1. The molecule has 3 atom stereocenters. The first kappa shape index (κ1) is 24.5. The highest BCUT2D eigenvalue weighted by atomic mass is 16.6. The predicted molar refractivity (Wildman–Crippen MR) is 120 cm³/mol. The van der Waals surface area contributed by atoms with Crippen molar-refractivity contribution in [2.24, 2.45) is 11.8 Å². The first-order chi connectivity index (χ1) is 15.8. The van der Waals surface area contributed by atoms with Crippen LogP contribution in [0, 0.1) is 11.8 Å². The van der Waals surface area contributed by atoms with Crippen molar-refractivity contribution in [1.82, 2.24) is 5.32 Å². The van der Waals surface area contributed by atoms with E-state index in [4.69, 9.17) is 18.9 Å². The van der Waals surface area contributed by atoms with Crippen LogP contribution < -0.4 is 10.1 Å². The van der Waals surface area contributed by atoms with E-state index in [1.807, 2.05) is 26.0 Å². The summed E-state index contributed by atoms with van der Waals surface area (Å²) in [6.45, 7) is 6.41. The second-order valence-corrected chi connectivity index (χ2v) is 8.17. The van der Waals surface area contributed by atoms with Gasteiger partial charge in [0.15, 0.2) is 5.78 Å². The summed E-state index contributed by atoms with van der Waals surface area (Å²) < 4.78 is 20.9. The molecule has 2 aliphatic rings. The van der Waals surface area contributed by atoms with Crippen LogP contribution in [-0.2, 0) is 28.6 Å². The highest BCUT2D eigenvalue weighted by Gasteiger charge is 2.47. The van der Waals surface area contributed by atoms with Gasteiger partial charge in [-0.3, -0.25) is 9.59 Å². The van der Waals surface area contributed by atoms with Crippen molar-refractivity contribution in [1.29, 1.82) is 0 Å². The van der Waals surface area contributed by atoms with E-state index in [-0.39, 0.29) is 24.9 Å². The lowest BCUT2D eigenvalue weighted by Crippen LogP contribution is -2.43. The van der Waals surface area contributed by atoms with Gasteiger partial charge in [-0.1, -0.05) is 19.1 Å². The Balaban J connectivity index is 2.10. The van der Waals surface area contributed by atoms with Crippen molar-refractivity contribution < 1.29 is 33.3 Å². The summed E-state index contributed by atoms with van der Waals surface area (Å²) in [5, 5.41) is 3.24. The van der Waals surface area contributed by atoms with Crippen LogP contribution in [0.1, 0.15) is 38.7 Å². The minimum Gasteiger partial charge on any atom is -0.494 e. The SMILES string of the molecule is CCOc1ccc([C@@H]2C(C(=O)OCCOC)=C(C)NC3=C2C(=O)[C@H](C(=O)OC)[C@H](C)C3)cc1. The molecule has 1 N–H and O–H groups in total. The molecule has 8 heteroatoms. The van der Waals surface area contributed by atoms with Gasteiger partial charge in [0.1, 0.15) is 18.3 Å². The molecular weight excluding hydrogens is 426 g/mol. The summed E-state index contributed by atoms with van der Waals surface area (Å²) in [6, 6.07) is 7.27. The third-order valence-electron chi connectivity index (χ3n) is 6.01. The zero-order valence-corrected chi connectivity index (χ0v) is 19.7. The van der Waals surface area contributed by atoms with Gasteiger partial charge in [0.2, 0.25) is 0 Å². The second kappa shape index (κ2) is 10.7. The second-order valence-electron chi connectivity index (χ2n) is 8.17. The van der Waals surface area contributed by atoms with Gasteiger partial charge < -0.3 is 24.3 Å². The standard InChI is InChI=1S/C25H31NO7/c1-6-32-17-9-7-16(8-10-17)21-20(25(29)33-12-11-30-4)15(3)26-18-13-14(2)19(24(28)31-5)23(27)22(18)21/h7-10,14,19,21,26H,6,11-13H2,1-5H3/t14-,19-,21-/m1/s1. The number of rotatable bonds is 8. The first-order valence-corrected chi connectivity index (χ1v) is 11.1. The average molecular weight is 458 g/mol. The number of carbonyl (C=O) groups is 3. The number of ether oxygens (including phenoxy) is 4. The Morgan fingerprint density at radius 2 is 1.82 bits per heavy atom. The minimum atomic E-state index is -0.926. The molecule has 0 unspecified atom stereocenters. The predicted octanol–water partition coefficient (Wildman–Crippen LogP) is 2.89. The molecule has 33 heavy (non-hydrogen) atoms. The molecule has 1 aromatic rings. The number of esters is 2. The van der Waals surface area contributed by atoms with Gasteiger partial charge in [-0.25, -0.2) is 4.79 Å². The van der Waals surface area contributed by atoms with Crippen molar-refractivity contribution in [2.45, 2.75) is 33.1 Å². The van der Waals surface area contributed by atoms with Crippen LogP contribution in [0.4, 0.5) is 0 Å². The monoisotopic (exact) mass is 457 g/mol.